The molecule has 1 aromatic carbocycles. The quantitative estimate of drug-likeness (QED) is 0.782. The molecule has 94 valence electrons. The average Bonchev–Trinajstić information content (AvgIpc) is 2.17. The van der Waals surface area contributed by atoms with Crippen molar-refractivity contribution in [2.45, 2.75) is 19.9 Å². The van der Waals surface area contributed by atoms with Gasteiger partial charge in [-0.2, -0.15) is 0 Å². The number of likely N-dealkylation sites (N-methyl/N-ethyl adjacent to an activating group) is 1. The van der Waals surface area contributed by atoms with Crippen LogP contribution < -0.4 is 4.90 Å². The summed E-state index contributed by atoms with van der Waals surface area (Å²) in [4.78, 5) is 10.4. The Morgan fingerprint density at radius 2 is 1.65 bits per heavy atom. The molecule has 0 radical (unpaired) electrons. The lowest BCUT2D eigenvalue weighted by Gasteiger charge is -2.21. The van der Waals surface area contributed by atoms with E-state index in [1.165, 1.54) is 16.0 Å². The fourth-order valence-corrected chi connectivity index (χ4v) is 1.76. The van der Waals surface area contributed by atoms with Gasteiger partial charge < -0.3 is 10.0 Å². The molecular weight excluding hydrogens is 214 g/mol. The number of hydrogen-bond acceptors (Lipinski definition) is 1. The van der Waals surface area contributed by atoms with Gasteiger partial charge in [0.15, 0.2) is 0 Å². The van der Waals surface area contributed by atoms with Gasteiger partial charge in [0.1, 0.15) is 6.04 Å². The smallest absolute Gasteiger partial charge is 0.300 e. The van der Waals surface area contributed by atoms with Crippen molar-refractivity contribution in [2.24, 2.45) is 0 Å². The van der Waals surface area contributed by atoms with Crippen LogP contribution in [-0.4, -0.2) is 25.2 Å². The van der Waals surface area contributed by atoms with E-state index >= 15 is 0 Å². The lowest BCUT2D eigenvalue weighted by molar-refractivity contribution is -0.886. The summed E-state index contributed by atoms with van der Waals surface area (Å²) in [5, 5.41) is 7.42. The summed E-state index contributed by atoms with van der Waals surface area (Å²) in [6.45, 7) is 7.20. The predicted octanol–water partition coefficient (Wildman–Crippen LogP) is 1.54. The molecule has 0 aliphatic rings. The van der Waals surface area contributed by atoms with E-state index in [1.54, 1.807) is 0 Å². The van der Waals surface area contributed by atoms with Gasteiger partial charge in [-0.25, -0.2) is 0 Å². The molecule has 17 heavy (non-hydrogen) atoms. The van der Waals surface area contributed by atoms with Gasteiger partial charge in [-0.05, 0) is 12.5 Å². The third-order valence-electron chi connectivity index (χ3n) is 2.20. The summed E-state index contributed by atoms with van der Waals surface area (Å²) in [6, 6.07) is 10.9. The fraction of sp³-hybridized carbons (Fsp3) is 0.357. The number of quaternary nitrogens is 1. The molecule has 0 aromatic heterocycles. The molecule has 0 heterocycles. The van der Waals surface area contributed by atoms with Crippen LogP contribution in [0.3, 0.4) is 0 Å². The number of carboxylic acid groups (broad SMARTS) is 1. The zero-order valence-electron chi connectivity index (χ0n) is 11.0. The average molecular weight is 236 g/mol. The number of hydrogen-bond donors (Lipinski definition) is 2. The molecule has 1 rings (SSSR count). The Morgan fingerprint density at radius 3 is 1.94 bits per heavy atom. The number of nitrogens with one attached hydrogen (secondary N) is 1. The maximum atomic E-state index is 9.00. The van der Waals surface area contributed by atoms with Crippen LogP contribution in [0.25, 0.3) is 0 Å². The summed E-state index contributed by atoms with van der Waals surface area (Å²) in [5.41, 5.74) is 2.56. The van der Waals surface area contributed by atoms with Crippen LogP contribution in [0, 0.1) is 0 Å². The van der Waals surface area contributed by atoms with E-state index in [0.29, 0.717) is 6.04 Å². The minimum absolute atomic E-state index is 0.418. The summed E-state index contributed by atoms with van der Waals surface area (Å²) in [5.74, 6) is -0.833. The Morgan fingerprint density at radius 1 is 1.24 bits per heavy atom. The van der Waals surface area contributed by atoms with Crippen molar-refractivity contribution < 1.29 is 14.8 Å². The van der Waals surface area contributed by atoms with Crippen LogP contribution in [0.5, 0.6) is 0 Å². The van der Waals surface area contributed by atoms with Gasteiger partial charge in [0.25, 0.3) is 5.97 Å². The molecule has 0 spiro atoms. The fourth-order valence-electron chi connectivity index (χ4n) is 1.76. The van der Waals surface area contributed by atoms with Crippen LogP contribution in [0.2, 0.25) is 0 Å². The highest BCUT2D eigenvalue weighted by Crippen LogP contribution is 2.15. The van der Waals surface area contributed by atoms with Gasteiger partial charge >= 0.3 is 0 Å². The molecule has 0 bridgehead atoms. The Hall–Kier alpha value is -1.61. The van der Waals surface area contributed by atoms with Crippen molar-refractivity contribution >= 4 is 5.97 Å². The third kappa shape index (κ3) is 6.53. The van der Waals surface area contributed by atoms with Gasteiger partial charge in [0.05, 0.1) is 14.1 Å². The zero-order chi connectivity index (χ0) is 13.4. The molecular formula is C14H22NO2+. The number of rotatable bonds is 3. The topological polar surface area (TPSA) is 41.7 Å². The Balaban J connectivity index is 0.000000557. The van der Waals surface area contributed by atoms with Crippen LogP contribution in [0.4, 0.5) is 0 Å². The molecule has 0 amide bonds. The molecule has 1 atom stereocenters. The lowest BCUT2D eigenvalue weighted by atomic mass is 10.0. The standard InChI is InChI=1S/C12H17N.C2H4O2/c1-10(2)12(13(3)4)11-8-6-5-7-9-11;1-2(3)4/h5-9,12H,1H2,2-4H3;1H3,(H,3,4)/p+1. The van der Waals surface area contributed by atoms with E-state index < -0.39 is 5.97 Å². The largest absolute Gasteiger partial charge is 0.481 e. The lowest BCUT2D eigenvalue weighted by Crippen LogP contribution is -3.06. The number of aliphatic carboxylic acids is 1. The molecule has 1 aromatic rings. The molecule has 0 aliphatic carbocycles. The Labute approximate surface area is 103 Å². The monoisotopic (exact) mass is 236 g/mol. The van der Waals surface area contributed by atoms with Crippen molar-refractivity contribution in [1.29, 1.82) is 0 Å². The first-order valence-electron chi connectivity index (χ1n) is 5.56. The Bertz CT molecular complexity index is 354. The van der Waals surface area contributed by atoms with E-state index in [9.17, 15) is 0 Å². The first-order valence-corrected chi connectivity index (χ1v) is 5.56. The van der Waals surface area contributed by atoms with E-state index in [2.05, 4.69) is 51.9 Å². The van der Waals surface area contributed by atoms with Crippen molar-refractivity contribution in [3.05, 3.63) is 48.0 Å². The second kappa shape index (κ2) is 7.63. The van der Waals surface area contributed by atoms with Crippen LogP contribution in [-0.2, 0) is 4.79 Å². The highest BCUT2D eigenvalue weighted by Gasteiger charge is 2.17. The van der Waals surface area contributed by atoms with Crippen LogP contribution in [0.15, 0.2) is 42.5 Å². The first-order chi connectivity index (χ1) is 7.86. The van der Waals surface area contributed by atoms with Crippen molar-refractivity contribution in [1.82, 2.24) is 0 Å². The number of carbonyl (C=O) groups is 1. The van der Waals surface area contributed by atoms with E-state index in [-0.39, 0.29) is 0 Å². The molecule has 0 fully saturated rings. The van der Waals surface area contributed by atoms with E-state index in [4.69, 9.17) is 9.90 Å². The van der Waals surface area contributed by atoms with Gasteiger partial charge in [-0.3, -0.25) is 4.79 Å². The van der Waals surface area contributed by atoms with Crippen molar-refractivity contribution in [2.75, 3.05) is 14.1 Å². The minimum Gasteiger partial charge on any atom is -0.481 e. The zero-order valence-corrected chi connectivity index (χ0v) is 11.0. The molecule has 1 unspecified atom stereocenters. The second-order valence-corrected chi connectivity index (χ2v) is 4.29. The van der Waals surface area contributed by atoms with Crippen LogP contribution >= 0.6 is 0 Å². The van der Waals surface area contributed by atoms with E-state index in [0.717, 1.165) is 6.92 Å². The van der Waals surface area contributed by atoms with Crippen molar-refractivity contribution in [3.63, 3.8) is 0 Å². The molecule has 0 aliphatic heterocycles. The van der Waals surface area contributed by atoms with Crippen molar-refractivity contribution in [3.8, 4) is 0 Å². The van der Waals surface area contributed by atoms with Gasteiger partial charge in [-0.1, -0.05) is 36.9 Å². The third-order valence-corrected chi connectivity index (χ3v) is 2.20. The minimum atomic E-state index is -0.833. The predicted molar refractivity (Wildman–Crippen MR) is 70.1 cm³/mol. The molecule has 2 N–H and O–H groups in total. The molecule has 0 saturated carbocycles. The maximum absolute atomic E-state index is 9.00. The van der Waals surface area contributed by atoms with Gasteiger partial charge in [0, 0.05) is 12.5 Å². The normalized spacial score (nSPS) is 11.4. The molecule has 3 nitrogen and oxygen atoms in total. The summed E-state index contributed by atoms with van der Waals surface area (Å²) >= 11 is 0. The first kappa shape index (κ1) is 15.4. The van der Waals surface area contributed by atoms with E-state index in [1.807, 2.05) is 6.07 Å². The molecule has 3 heteroatoms. The highest BCUT2D eigenvalue weighted by atomic mass is 16.4. The maximum Gasteiger partial charge on any atom is 0.300 e. The summed E-state index contributed by atoms with van der Waals surface area (Å²) < 4.78 is 0. The second-order valence-electron chi connectivity index (χ2n) is 4.29. The number of benzene rings is 1. The SMILES string of the molecule is C=C(C)C(c1ccccc1)[NH+](C)C.CC(=O)O. The molecule has 0 saturated heterocycles. The number of carboxylic acids is 1. The Kier molecular flexibility index (Phi) is 6.91. The van der Waals surface area contributed by atoms with Gasteiger partial charge in [-0.15, -0.1) is 0 Å². The van der Waals surface area contributed by atoms with Gasteiger partial charge in [0.2, 0.25) is 0 Å². The highest BCUT2D eigenvalue weighted by molar-refractivity contribution is 5.62. The summed E-state index contributed by atoms with van der Waals surface area (Å²) in [6.07, 6.45) is 0. The van der Waals surface area contributed by atoms with Crippen LogP contribution in [0.1, 0.15) is 25.5 Å². The summed E-state index contributed by atoms with van der Waals surface area (Å²) in [7, 11) is 4.32.